The van der Waals surface area contributed by atoms with Crippen LogP contribution in [0, 0.1) is 0 Å². The third kappa shape index (κ3) is 7.04. The van der Waals surface area contributed by atoms with Crippen LogP contribution in [0.5, 0.6) is 11.5 Å². The van der Waals surface area contributed by atoms with Crippen molar-refractivity contribution in [3.05, 3.63) is 95.1 Å². The van der Waals surface area contributed by atoms with Crippen LogP contribution in [0.3, 0.4) is 0 Å². The summed E-state index contributed by atoms with van der Waals surface area (Å²) in [6.07, 6.45) is 7.70. The molecular formula is C36H42N2O5. The molecule has 0 saturated carbocycles. The first-order valence-corrected chi connectivity index (χ1v) is 15.8. The van der Waals surface area contributed by atoms with Gasteiger partial charge in [-0.2, -0.15) is 0 Å². The Morgan fingerprint density at radius 2 is 1.58 bits per heavy atom. The van der Waals surface area contributed by atoms with Crippen molar-refractivity contribution < 1.29 is 23.8 Å². The minimum absolute atomic E-state index is 0.0542. The Kier molecular flexibility index (Phi) is 9.27. The molecule has 1 unspecified atom stereocenters. The summed E-state index contributed by atoms with van der Waals surface area (Å²) < 4.78 is 18.6. The second-order valence-corrected chi connectivity index (χ2v) is 12.0. The van der Waals surface area contributed by atoms with Crippen LogP contribution in [-0.4, -0.2) is 66.7 Å². The van der Waals surface area contributed by atoms with E-state index in [-0.39, 0.29) is 25.0 Å². The highest BCUT2D eigenvalue weighted by Crippen LogP contribution is 2.31. The summed E-state index contributed by atoms with van der Waals surface area (Å²) >= 11 is 0. The van der Waals surface area contributed by atoms with Crippen molar-refractivity contribution in [2.24, 2.45) is 0 Å². The van der Waals surface area contributed by atoms with E-state index in [2.05, 4.69) is 18.2 Å². The Morgan fingerprint density at radius 3 is 2.47 bits per heavy atom. The lowest BCUT2D eigenvalue weighted by molar-refractivity contribution is -0.177. The number of morpholine rings is 1. The quantitative estimate of drug-likeness (QED) is 0.404. The van der Waals surface area contributed by atoms with Gasteiger partial charge in [0.25, 0.3) is 11.8 Å². The van der Waals surface area contributed by atoms with E-state index in [9.17, 15) is 9.59 Å². The molecule has 0 bridgehead atoms. The van der Waals surface area contributed by atoms with Crippen LogP contribution in [0.25, 0.3) is 0 Å². The smallest absolute Gasteiger partial charge is 0.260 e. The summed E-state index contributed by atoms with van der Waals surface area (Å²) in [5, 5.41) is 0. The lowest BCUT2D eigenvalue weighted by Gasteiger charge is -2.44. The minimum atomic E-state index is -1.10. The van der Waals surface area contributed by atoms with Crippen LogP contribution < -0.4 is 9.47 Å². The average molecular weight is 583 g/mol. The zero-order valence-corrected chi connectivity index (χ0v) is 25.0. The van der Waals surface area contributed by atoms with Crippen molar-refractivity contribution in [3.63, 3.8) is 0 Å². The molecule has 1 spiro atoms. The number of carbonyl (C=O) groups is 2. The molecule has 2 aliphatic heterocycles. The lowest BCUT2D eigenvalue weighted by Crippen LogP contribution is -2.62. The van der Waals surface area contributed by atoms with E-state index < -0.39 is 5.60 Å². The van der Waals surface area contributed by atoms with Gasteiger partial charge in [0.15, 0.2) is 12.2 Å². The number of hydrogen-bond acceptors (Lipinski definition) is 5. The van der Waals surface area contributed by atoms with Gasteiger partial charge in [0.1, 0.15) is 18.1 Å². The number of carbonyl (C=O) groups excluding carboxylic acids is 2. The number of aryl methyl sites for hydroxylation is 3. The van der Waals surface area contributed by atoms with Crippen molar-refractivity contribution in [3.8, 4) is 11.5 Å². The molecule has 3 aliphatic rings. The molecule has 2 amide bonds. The number of amides is 2. The van der Waals surface area contributed by atoms with Crippen LogP contribution in [0.4, 0.5) is 0 Å². The second-order valence-electron chi connectivity index (χ2n) is 12.0. The minimum Gasteiger partial charge on any atom is -0.491 e. The molecule has 3 aromatic carbocycles. The van der Waals surface area contributed by atoms with Gasteiger partial charge in [-0.3, -0.25) is 9.59 Å². The normalized spacial score (nSPS) is 21.2. The highest BCUT2D eigenvalue weighted by Gasteiger charge is 2.46. The molecule has 226 valence electrons. The van der Waals surface area contributed by atoms with Gasteiger partial charge in [0.05, 0.1) is 19.7 Å². The first-order valence-electron chi connectivity index (χ1n) is 15.8. The number of rotatable bonds is 5. The zero-order valence-electron chi connectivity index (χ0n) is 25.0. The molecule has 43 heavy (non-hydrogen) atoms. The van der Waals surface area contributed by atoms with E-state index in [1.165, 1.54) is 29.5 Å². The molecule has 1 fully saturated rings. The fourth-order valence-electron chi connectivity index (χ4n) is 6.61. The molecule has 0 N–H and O–H groups in total. The molecule has 2 heterocycles. The van der Waals surface area contributed by atoms with Gasteiger partial charge in [-0.15, -0.1) is 0 Å². The molecule has 0 radical (unpaired) electrons. The highest BCUT2D eigenvalue weighted by atomic mass is 16.5. The fraction of sp³-hybridized carbons (Fsp3) is 0.444. The molecule has 6 rings (SSSR count). The van der Waals surface area contributed by atoms with Crippen LogP contribution in [-0.2, 0) is 40.1 Å². The van der Waals surface area contributed by atoms with Crippen molar-refractivity contribution >= 4 is 11.8 Å². The SMILES string of the molecule is O=C(COc1ccc2c(c1)CCCC2)N1CCOC2(CCCCc3ccccc3OCCN(Cc3ccccc3)C2=O)C1. The first-order chi connectivity index (χ1) is 21.1. The van der Waals surface area contributed by atoms with E-state index in [0.717, 1.165) is 49.2 Å². The predicted molar refractivity (Wildman–Crippen MR) is 165 cm³/mol. The van der Waals surface area contributed by atoms with Gasteiger partial charge in [0, 0.05) is 13.1 Å². The Labute approximate surface area is 254 Å². The van der Waals surface area contributed by atoms with Gasteiger partial charge in [-0.25, -0.2) is 0 Å². The van der Waals surface area contributed by atoms with Crippen molar-refractivity contribution in [1.82, 2.24) is 9.80 Å². The predicted octanol–water partition coefficient (Wildman–Crippen LogP) is 5.38. The number of fused-ring (bicyclic) bond motifs is 2. The molecule has 1 atom stereocenters. The van der Waals surface area contributed by atoms with E-state index in [1.807, 2.05) is 59.5 Å². The topological polar surface area (TPSA) is 68.3 Å². The van der Waals surface area contributed by atoms with Crippen LogP contribution in [0.15, 0.2) is 72.8 Å². The third-order valence-electron chi connectivity index (χ3n) is 8.98. The van der Waals surface area contributed by atoms with Crippen LogP contribution in [0.1, 0.15) is 54.4 Å². The van der Waals surface area contributed by atoms with E-state index in [4.69, 9.17) is 14.2 Å². The number of ether oxygens (including phenoxy) is 3. The maximum atomic E-state index is 14.4. The molecule has 1 aliphatic carbocycles. The molecule has 7 heteroatoms. The Hall–Kier alpha value is -3.84. The Balaban J connectivity index is 1.19. The molecule has 1 saturated heterocycles. The van der Waals surface area contributed by atoms with Gasteiger partial charge in [0.2, 0.25) is 0 Å². The average Bonchev–Trinajstić information content (AvgIpc) is 3.05. The molecule has 0 aromatic heterocycles. The number of hydrogen-bond donors (Lipinski definition) is 0. The lowest BCUT2D eigenvalue weighted by atomic mass is 9.90. The Morgan fingerprint density at radius 1 is 0.814 bits per heavy atom. The number of benzene rings is 3. The van der Waals surface area contributed by atoms with E-state index in [0.29, 0.717) is 39.3 Å². The van der Waals surface area contributed by atoms with E-state index >= 15 is 0 Å². The van der Waals surface area contributed by atoms with E-state index in [1.54, 1.807) is 4.90 Å². The van der Waals surface area contributed by atoms with Crippen molar-refractivity contribution in [1.29, 1.82) is 0 Å². The second kappa shape index (κ2) is 13.6. The summed E-state index contributed by atoms with van der Waals surface area (Å²) in [6, 6.07) is 24.3. The Bertz CT molecular complexity index is 1410. The highest BCUT2D eigenvalue weighted by molar-refractivity contribution is 5.87. The molecular weight excluding hydrogens is 540 g/mol. The third-order valence-corrected chi connectivity index (χ3v) is 8.98. The van der Waals surface area contributed by atoms with Gasteiger partial charge < -0.3 is 24.0 Å². The summed E-state index contributed by atoms with van der Waals surface area (Å²) in [7, 11) is 0. The van der Waals surface area contributed by atoms with Crippen molar-refractivity contribution in [2.75, 3.05) is 39.5 Å². The zero-order chi connectivity index (χ0) is 29.5. The van der Waals surface area contributed by atoms with Gasteiger partial charge in [-0.05, 0) is 91.8 Å². The van der Waals surface area contributed by atoms with Gasteiger partial charge >= 0.3 is 0 Å². The summed E-state index contributed by atoms with van der Waals surface area (Å²) in [6.45, 7) is 2.17. The summed E-state index contributed by atoms with van der Waals surface area (Å²) in [5.41, 5.74) is 3.83. The fourth-order valence-corrected chi connectivity index (χ4v) is 6.61. The summed E-state index contributed by atoms with van der Waals surface area (Å²) in [4.78, 5) is 31.5. The summed E-state index contributed by atoms with van der Waals surface area (Å²) in [5.74, 6) is 1.41. The number of para-hydroxylation sites is 1. The largest absolute Gasteiger partial charge is 0.491 e. The molecule has 7 nitrogen and oxygen atoms in total. The first kappa shape index (κ1) is 29.2. The monoisotopic (exact) mass is 582 g/mol. The standard InChI is InChI=1S/C36H42N2O5/c39-34(26-42-32-18-17-29-12-4-5-15-31(29)24-32)38-21-23-43-36(27-38)19-9-8-14-30-13-6-7-16-33(30)41-22-20-37(35(36)40)25-28-10-2-1-3-11-28/h1-3,6-7,10-11,13,16-18,24H,4-5,8-9,12,14-15,19-23,25-27H2. The van der Waals surface area contributed by atoms with Gasteiger partial charge in [-0.1, -0.05) is 54.6 Å². The van der Waals surface area contributed by atoms with Crippen LogP contribution >= 0.6 is 0 Å². The maximum Gasteiger partial charge on any atom is 0.260 e. The van der Waals surface area contributed by atoms with Crippen molar-refractivity contribution in [2.45, 2.75) is 63.5 Å². The van der Waals surface area contributed by atoms with Crippen LogP contribution in [0.2, 0.25) is 0 Å². The molecule has 3 aromatic rings. The maximum absolute atomic E-state index is 14.4. The number of nitrogens with zero attached hydrogens (tertiary/aromatic N) is 2.